The zero-order valence-electron chi connectivity index (χ0n) is 65.1. The molecule has 0 saturated heterocycles. The van der Waals surface area contributed by atoms with E-state index >= 15 is 0 Å². The van der Waals surface area contributed by atoms with Crippen LogP contribution in [0.3, 0.4) is 0 Å². The van der Waals surface area contributed by atoms with Crippen LogP contribution in [0.2, 0.25) is 0 Å². The molecule has 5 aliphatic carbocycles. The minimum atomic E-state index is -1.01. The molecule has 10 aromatic rings. The molecule has 0 aliphatic heterocycles. The molecule has 0 amide bonds. The van der Waals surface area contributed by atoms with Crippen molar-refractivity contribution < 1.29 is 141 Å². The van der Waals surface area contributed by atoms with Gasteiger partial charge in [0.2, 0.25) is 63.6 Å². The smallest absolute Gasteiger partial charge is 0.246 e. The van der Waals surface area contributed by atoms with Gasteiger partial charge in [0.05, 0.1) is 154 Å². The van der Waals surface area contributed by atoms with Crippen molar-refractivity contribution >= 4 is 252 Å². The summed E-state index contributed by atoms with van der Waals surface area (Å²) in [5.41, 5.74) is 0.566. The monoisotopic (exact) mass is 2160 g/mol. The van der Waals surface area contributed by atoms with Crippen molar-refractivity contribution in [1.82, 2.24) is 0 Å². The van der Waals surface area contributed by atoms with E-state index in [1.165, 1.54) is 126 Å². The van der Waals surface area contributed by atoms with E-state index < -0.39 is 96.8 Å². The lowest BCUT2D eigenvalue weighted by molar-refractivity contribution is -0.111. The Morgan fingerprint density at radius 2 is 0.472 bits per heavy atom. The predicted molar refractivity (Wildman–Crippen MR) is 467 cm³/mol. The predicted octanol–water partition coefficient (Wildman–Crippen LogP) is 18.1. The number of Topliss-reactive ketones (excluding diaryl/α,β-unsaturated/α-hetero) is 10. The van der Waals surface area contributed by atoms with Gasteiger partial charge in [-0.2, -0.15) is 0 Å². The molecule has 0 bridgehead atoms. The lowest BCUT2D eigenvalue weighted by Crippen LogP contribution is -2.22. The molecule has 15 rings (SSSR count). The van der Waals surface area contributed by atoms with E-state index in [1.54, 1.807) is 54.6 Å². The number of ether oxygens (including phenoxy) is 10. The number of rotatable bonds is 20. The fourth-order valence-corrected chi connectivity index (χ4v) is 15.6. The van der Waals surface area contributed by atoms with Crippen LogP contribution in [-0.4, -0.2) is 158 Å². The summed E-state index contributed by atoms with van der Waals surface area (Å²) in [5, 5.41) is -1.30. The number of fused-ring (bicyclic) bond motifs is 5. The number of carbonyl (C=O) groups is 15. The van der Waals surface area contributed by atoms with E-state index in [2.05, 4.69) is 95.6 Å². The van der Waals surface area contributed by atoms with E-state index in [-0.39, 0.29) is 142 Å². The van der Waals surface area contributed by atoms with Crippen LogP contribution in [0.5, 0.6) is 57.5 Å². The van der Waals surface area contributed by atoms with E-state index in [0.29, 0.717) is 65.0 Å². The van der Waals surface area contributed by atoms with Gasteiger partial charge < -0.3 is 69.5 Å². The normalized spacial score (nSPS) is 13.8. The van der Waals surface area contributed by atoms with E-state index in [4.69, 9.17) is 116 Å². The standard InChI is InChI=1S/C18H12Cl2O7.2C17H10Br2O6.C17H10Cl2O6.C16H8Br2O5/c1-24-9-4-7(5-10(25-2)17(9)26-3)14(21)8-6-27-18-11(8)15(22)16(23)12(19)13(18)20;3*1-23-9-4-3-7(5-10(9)24-2)14(20)8-6-25-17-11(8)15(21)16(22)12(18)13(17)19;1-22-8-4-2-7(3-5-8)13(19)9-6-23-16-10(9)14(20)15(21)11(17)12(16)18/h4-6H,1-3H3;3*3-6H,1-2H3;2-6H,1H3. The fraction of sp³-hybridized carbons (Fsp3) is 0.118. The number of halogens is 10. The van der Waals surface area contributed by atoms with Crippen molar-refractivity contribution in [1.29, 1.82) is 0 Å². The van der Waals surface area contributed by atoms with E-state index in [9.17, 15) is 71.9 Å². The highest BCUT2D eigenvalue weighted by Gasteiger charge is 2.44. The Morgan fingerprint density at radius 1 is 0.240 bits per heavy atom. The second-order valence-electron chi connectivity index (χ2n) is 25.2. The van der Waals surface area contributed by atoms with Gasteiger partial charge in [0.1, 0.15) is 57.2 Å². The van der Waals surface area contributed by atoms with Crippen molar-refractivity contribution in [2.75, 3.05) is 71.1 Å². The first-order valence-corrected chi connectivity index (χ1v) is 40.9. The molecule has 0 saturated carbocycles. The summed E-state index contributed by atoms with van der Waals surface area (Å²) in [4.78, 5) is 185. The van der Waals surface area contributed by atoms with Gasteiger partial charge in [-0.1, -0.05) is 46.4 Å². The second-order valence-corrected chi connectivity index (χ2v) is 31.5. The Hall–Kier alpha value is -11.7. The maximum Gasteiger partial charge on any atom is 0.246 e. The summed E-state index contributed by atoms with van der Waals surface area (Å²) >= 11 is 42.1. The fourth-order valence-electron chi connectivity index (χ4n) is 12.3. The zero-order valence-corrected chi connectivity index (χ0v) is 77.6. The average molecular weight is 2170 g/mol. The van der Waals surface area contributed by atoms with Crippen LogP contribution in [0, 0.1) is 0 Å². The third kappa shape index (κ3) is 17.6. The summed E-state index contributed by atoms with van der Waals surface area (Å²) in [6, 6.07) is 23.0. The molecule has 0 fully saturated rings. The van der Waals surface area contributed by atoms with Gasteiger partial charge in [-0.15, -0.1) is 0 Å². The average Bonchev–Trinajstić information content (AvgIpc) is 1.65. The van der Waals surface area contributed by atoms with Crippen molar-refractivity contribution in [3.63, 3.8) is 0 Å². The van der Waals surface area contributed by atoms with Gasteiger partial charge >= 0.3 is 0 Å². The molecule has 5 aromatic heterocycles. The number of benzene rings is 5. The molecule has 0 N–H and O–H groups in total. The molecule has 0 atom stereocenters. The van der Waals surface area contributed by atoms with Crippen LogP contribution in [-0.2, 0) is 24.0 Å². The Balaban J connectivity index is 0.000000152. The number of hydrogen-bond acceptors (Lipinski definition) is 30. The first-order valence-electron chi connectivity index (χ1n) is 34.7. The summed E-state index contributed by atoms with van der Waals surface area (Å²) in [6.07, 6.45) is 5.66. The molecule has 5 aromatic carbocycles. The zero-order chi connectivity index (χ0) is 91.5. The Morgan fingerprint density at radius 3 is 0.736 bits per heavy atom. The third-order valence-corrected chi connectivity index (χ3v) is 26.3. The Labute approximate surface area is 773 Å². The Kier molecular flexibility index (Phi) is 29.5. The van der Waals surface area contributed by atoms with Gasteiger partial charge in [0, 0.05) is 27.8 Å². The molecule has 5 aliphatic rings. The first-order chi connectivity index (χ1) is 59.5. The van der Waals surface area contributed by atoms with Crippen LogP contribution in [0.15, 0.2) is 168 Å². The summed E-state index contributed by atoms with van der Waals surface area (Å²) in [7, 11) is 14.5. The molecule has 30 nitrogen and oxygen atoms in total. The SMILES string of the molecule is COc1cc(C(=O)c2coc3c2C(=O)C(=O)C(Cl)=C3Cl)cc(OC)c1OC.COc1ccc(C(=O)c2coc3c2C(=O)C(=O)C(Br)=C3Br)cc1.COc1ccc(C(=O)c2coc3c2C(=O)C(=O)C(Br)=C3Br)cc1OC.COc1ccc(C(=O)c2coc3c2C(=O)C(=O)C(Br)=C3Br)cc1OC.COc1ccc(C(=O)c2coc3c2C(=O)C(=O)C(Cl)=C3Cl)cc1OC. The largest absolute Gasteiger partial charge is 0.497 e. The molecular formula is C85H50Br6Cl4O30. The van der Waals surface area contributed by atoms with Crippen molar-refractivity contribution in [3.05, 3.63) is 258 Å². The minimum Gasteiger partial charge on any atom is -0.497 e. The van der Waals surface area contributed by atoms with Crippen molar-refractivity contribution in [3.8, 4) is 57.5 Å². The number of hydrogen-bond donors (Lipinski definition) is 0. The highest BCUT2D eigenvalue weighted by Crippen LogP contribution is 2.47. The molecular weight excluding hydrogens is 2120 g/mol. The molecule has 5 heterocycles. The highest BCUT2D eigenvalue weighted by molar-refractivity contribution is 9.17. The van der Waals surface area contributed by atoms with Crippen LogP contribution in [0.1, 0.15) is 160 Å². The topological polar surface area (TPSA) is 414 Å². The maximum absolute atomic E-state index is 13.0. The molecule has 0 radical (unpaired) electrons. The highest BCUT2D eigenvalue weighted by atomic mass is 79.9. The van der Waals surface area contributed by atoms with Crippen LogP contribution in [0.4, 0.5) is 0 Å². The molecule has 0 unspecified atom stereocenters. The van der Waals surface area contributed by atoms with Gasteiger partial charge in [-0.3, -0.25) is 71.9 Å². The molecule has 0 spiro atoms. The van der Waals surface area contributed by atoms with Crippen molar-refractivity contribution in [2.45, 2.75) is 0 Å². The lowest BCUT2D eigenvalue weighted by Gasteiger charge is -2.14. The molecule has 40 heteroatoms. The first kappa shape index (κ1) is 94.0. The second kappa shape index (κ2) is 39.2. The number of furan rings is 5. The summed E-state index contributed by atoms with van der Waals surface area (Å²) in [6.45, 7) is 0. The van der Waals surface area contributed by atoms with Crippen LogP contribution < -0.4 is 47.4 Å². The van der Waals surface area contributed by atoms with Crippen LogP contribution in [0.25, 0.3) is 23.5 Å². The molecule has 125 heavy (non-hydrogen) atoms. The maximum atomic E-state index is 13.0. The quantitative estimate of drug-likeness (QED) is 0.0505. The van der Waals surface area contributed by atoms with Gasteiger partial charge in [-0.25, -0.2) is 0 Å². The number of allylic oxidation sites excluding steroid dienone is 5. The summed E-state index contributed by atoms with van der Waals surface area (Å²) < 4.78 is 79.2. The Bertz CT molecular complexity index is 6180. The summed E-state index contributed by atoms with van der Waals surface area (Å²) in [5.74, 6) is -6.88. The lowest BCUT2D eigenvalue weighted by atomic mass is 9.93. The van der Waals surface area contributed by atoms with E-state index in [1.807, 2.05) is 0 Å². The number of carbonyl (C=O) groups excluding carboxylic acids is 15. The third-order valence-electron chi connectivity index (χ3n) is 18.5. The number of methoxy groups -OCH3 is 10. The van der Waals surface area contributed by atoms with Gasteiger partial charge in [0.15, 0.2) is 104 Å². The van der Waals surface area contributed by atoms with E-state index in [0.717, 1.165) is 12.5 Å². The minimum absolute atomic E-state index is 0.0116. The van der Waals surface area contributed by atoms with Gasteiger partial charge in [-0.05, 0) is 187 Å². The van der Waals surface area contributed by atoms with Crippen LogP contribution >= 0.6 is 142 Å². The number of ketones is 15. The van der Waals surface area contributed by atoms with Crippen molar-refractivity contribution in [2.24, 2.45) is 0 Å². The van der Waals surface area contributed by atoms with Gasteiger partial charge in [0.25, 0.3) is 0 Å². The molecule has 640 valence electrons.